The average Bonchev–Trinajstić information content (AvgIpc) is 2.97. The third kappa shape index (κ3) is 4.08. The topological polar surface area (TPSA) is 9.23 Å². The van der Waals surface area contributed by atoms with Crippen molar-refractivity contribution in [1.82, 2.24) is 0 Å². The Bertz CT molecular complexity index is 823. The first-order valence-electron chi connectivity index (χ1n) is 10.2. The second kappa shape index (κ2) is 7.72. The van der Waals surface area contributed by atoms with Gasteiger partial charge in [0.05, 0.1) is 0 Å². The quantitative estimate of drug-likeness (QED) is 0.373. The minimum Gasteiger partial charge on any atom is -0.417 e. The molecule has 0 heterocycles. The van der Waals surface area contributed by atoms with Gasteiger partial charge in [-0.25, -0.2) is 8.78 Å². The Hall–Kier alpha value is -1.52. The molecule has 0 saturated heterocycles. The summed E-state index contributed by atoms with van der Waals surface area (Å²) >= 11 is 0. The normalized spacial score (nSPS) is 19.7. The van der Waals surface area contributed by atoms with E-state index in [2.05, 4.69) is 33.9 Å². The number of aryl methyl sites for hydroxylation is 1. The van der Waals surface area contributed by atoms with E-state index in [4.69, 9.17) is 4.43 Å². The van der Waals surface area contributed by atoms with Gasteiger partial charge in [-0.3, -0.25) is 0 Å². The Morgan fingerprint density at radius 3 is 2.29 bits per heavy atom. The largest absolute Gasteiger partial charge is 0.417 e. The molecule has 28 heavy (non-hydrogen) atoms. The molecule has 3 rings (SSSR count). The van der Waals surface area contributed by atoms with Gasteiger partial charge in [0.2, 0.25) is 0 Å². The fourth-order valence-electron chi connectivity index (χ4n) is 4.11. The molecular weight excluding hydrogens is 370 g/mol. The molecule has 0 fully saturated rings. The maximum Gasteiger partial charge on any atom is 0.191 e. The van der Waals surface area contributed by atoms with Crippen LogP contribution in [0.25, 0.3) is 0 Å². The summed E-state index contributed by atoms with van der Waals surface area (Å²) in [5.41, 5.74) is 3.20. The number of fused-ring (bicyclic) bond motifs is 1. The third-order valence-corrected chi connectivity index (χ3v) is 11.4. The first kappa shape index (κ1) is 21.2. The minimum atomic E-state index is -1.77. The lowest BCUT2D eigenvalue weighted by Crippen LogP contribution is -2.41. The molecular formula is C24H32F2OSi. The Balaban J connectivity index is 1.83. The lowest BCUT2D eigenvalue weighted by atomic mass is 9.72. The molecule has 0 amide bonds. The lowest BCUT2D eigenvalue weighted by Gasteiger charge is -2.37. The van der Waals surface area contributed by atoms with E-state index in [1.165, 1.54) is 17.7 Å². The van der Waals surface area contributed by atoms with Crippen LogP contribution in [-0.2, 0) is 16.3 Å². The molecule has 2 aromatic rings. The van der Waals surface area contributed by atoms with Crippen LogP contribution in [0.4, 0.5) is 8.78 Å². The summed E-state index contributed by atoms with van der Waals surface area (Å²) in [6, 6.07) is 12.0. The first-order valence-corrected chi connectivity index (χ1v) is 13.1. The van der Waals surface area contributed by atoms with Crippen molar-refractivity contribution in [3.8, 4) is 0 Å². The van der Waals surface area contributed by atoms with Crippen LogP contribution in [0.3, 0.4) is 0 Å². The van der Waals surface area contributed by atoms with Crippen molar-refractivity contribution in [3.05, 3.63) is 70.8 Å². The first-order chi connectivity index (χ1) is 13.1. The summed E-state index contributed by atoms with van der Waals surface area (Å²) in [7, 11) is -1.77. The van der Waals surface area contributed by atoms with Gasteiger partial charge in [0, 0.05) is 12.0 Å². The van der Waals surface area contributed by atoms with Crippen molar-refractivity contribution in [2.45, 2.75) is 70.0 Å². The monoisotopic (exact) mass is 402 g/mol. The molecule has 1 aliphatic carbocycles. The Morgan fingerprint density at radius 1 is 1.00 bits per heavy atom. The van der Waals surface area contributed by atoms with Gasteiger partial charge >= 0.3 is 0 Å². The van der Waals surface area contributed by atoms with Crippen molar-refractivity contribution in [2.75, 3.05) is 6.61 Å². The number of rotatable bonds is 6. The molecule has 1 nitrogen and oxygen atoms in total. The zero-order valence-electron chi connectivity index (χ0n) is 17.7. The van der Waals surface area contributed by atoms with E-state index in [9.17, 15) is 8.78 Å². The van der Waals surface area contributed by atoms with Gasteiger partial charge in [0.25, 0.3) is 0 Å². The van der Waals surface area contributed by atoms with Gasteiger partial charge < -0.3 is 4.43 Å². The highest BCUT2D eigenvalue weighted by Gasteiger charge is 2.41. The van der Waals surface area contributed by atoms with E-state index in [1.807, 2.05) is 18.2 Å². The summed E-state index contributed by atoms with van der Waals surface area (Å²) in [5, 5.41) is 0.194. The van der Waals surface area contributed by atoms with E-state index >= 15 is 0 Å². The molecule has 0 spiro atoms. The van der Waals surface area contributed by atoms with Crippen LogP contribution >= 0.6 is 0 Å². The molecule has 0 saturated carbocycles. The lowest BCUT2D eigenvalue weighted by molar-refractivity contribution is 0.265. The highest BCUT2D eigenvalue weighted by molar-refractivity contribution is 6.74. The van der Waals surface area contributed by atoms with Crippen LogP contribution in [0.1, 0.15) is 56.7 Å². The minimum absolute atomic E-state index is 0.185. The molecule has 0 aliphatic heterocycles. The SMILES string of the molecule is CC(C)(C)[Si](C)(C)OCCCC1(c2ccc(F)cc2)CCc2cc(F)ccc21. The molecule has 2 aromatic carbocycles. The van der Waals surface area contributed by atoms with Gasteiger partial charge in [-0.2, -0.15) is 0 Å². The van der Waals surface area contributed by atoms with Crippen molar-refractivity contribution in [2.24, 2.45) is 0 Å². The highest BCUT2D eigenvalue weighted by Crippen LogP contribution is 2.47. The van der Waals surface area contributed by atoms with Crippen molar-refractivity contribution >= 4 is 8.32 Å². The van der Waals surface area contributed by atoms with E-state index in [1.54, 1.807) is 12.1 Å². The Kier molecular flexibility index (Phi) is 5.84. The van der Waals surface area contributed by atoms with Gasteiger partial charge in [0.1, 0.15) is 11.6 Å². The summed E-state index contributed by atoms with van der Waals surface area (Å²) in [5.74, 6) is -0.410. The van der Waals surface area contributed by atoms with Crippen LogP contribution in [0.5, 0.6) is 0 Å². The zero-order valence-corrected chi connectivity index (χ0v) is 18.7. The smallest absolute Gasteiger partial charge is 0.191 e. The van der Waals surface area contributed by atoms with Crippen LogP contribution in [-0.4, -0.2) is 14.9 Å². The Labute approximate surface area is 169 Å². The maximum absolute atomic E-state index is 13.8. The van der Waals surface area contributed by atoms with Crippen molar-refractivity contribution < 1.29 is 13.2 Å². The standard InChI is InChI=1S/C24H32F2OSi/c1-23(2,3)28(4,5)27-16-6-14-24(19-7-9-20(25)10-8-19)15-13-18-17-21(26)11-12-22(18)24/h7-12,17H,6,13-16H2,1-5H3. The molecule has 0 bridgehead atoms. The van der Waals surface area contributed by atoms with E-state index in [-0.39, 0.29) is 22.1 Å². The molecule has 0 N–H and O–H groups in total. The highest BCUT2D eigenvalue weighted by atomic mass is 28.4. The van der Waals surface area contributed by atoms with Crippen LogP contribution < -0.4 is 0 Å². The number of benzene rings is 2. The zero-order chi connectivity index (χ0) is 20.6. The maximum atomic E-state index is 13.8. The van der Waals surface area contributed by atoms with Gasteiger partial charge in [-0.15, -0.1) is 0 Å². The van der Waals surface area contributed by atoms with Crippen LogP contribution in [0, 0.1) is 11.6 Å². The van der Waals surface area contributed by atoms with E-state index in [0.717, 1.165) is 43.4 Å². The average molecular weight is 403 g/mol. The molecule has 0 radical (unpaired) electrons. The summed E-state index contributed by atoms with van der Waals surface area (Å²) in [4.78, 5) is 0. The second-order valence-electron chi connectivity index (χ2n) is 9.60. The van der Waals surface area contributed by atoms with Gasteiger partial charge in [-0.1, -0.05) is 39.0 Å². The summed E-state index contributed by atoms with van der Waals surface area (Å²) in [6.07, 6.45) is 3.64. The Morgan fingerprint density at radius 2 is 1.64 bits per heavy atom. The summed E-state index contributed by atoms with van der Waals surface area (Å²) < 4.78 is 33.7. The number of hydrogen-bond donors (Lipinski definition) is 0. The summed E-state index contributed by atoms with van der Waals surface area (Å²) in [6.45, 7) is 12.0. The number of hydrogen-bond acceptors (Lipinski definition) is 1. The van der Waals surface area contributed by atoms with Crippen molar-refractivity contribution in [1.29, 1.82) is 0 Å². The molecule has 1 aliphatic rings. The molecule has 152 valence electrons. The molecule has 1 unspecified atom stereocenters. The third-order valence-electron chi connectivity index (χ3n) is 6.82. The van der Waals surface area contributed by atoms with Gasteiger partial charge in [-0.05, 0) is 84.8 Å². The molecule has 0 aromatic heterocycles. The van der Waals surface area contributed by atoms with Crippen molar-refractivity contribution in [3.63, 3.8) is 0 Å². The molecule has 1 atom stereocenters. The van der Waals surface area contributed by atoms with Crippen LogP contribution in [0.15, 0.2) is 42.5 Å². The fraction of sp³-hybridized carbons (Fsp3) is 0.500. The second-order valence-corrected chi connectivity index (χ2v) is 14.4. The van der Waals surface area contributed by atoms with Gasteiger partial charge in [0.15, 0.2) is 8.32 Å². The fourth-order valence-corrected chi connectivity index (χ4v) is 5.20. The van der Waals surface area contributed by atoms with E-state index in [0.29, 0.717) is 0 Å². The predicted octanol–water partition coefficient (Wildman–Crippen LogP) is 7.00. The van der Waals surface area contributed by atoms with E-state index < -0.39 is 8.32 Å². The molecule has 4 heteroatoms. The predicted molar refractivity (Wildman–Crippen MR) is 114 cm³/mol. The number of halogens is 2. The van der Waals surface area contributed by atoms with Crippen LogP contribution in [0.2, 0.25) is 18.1 Å².